The molecule has 1 fully saturated rings. The van der Waals surface area contributed by atoms with E-state index in [-0.39, 0.29) is 0 Å². The number of hydrogen-bond acceptors (Lipinski definition) is 4. The van der Waals surface area contributed by atoms with Crippen molar-refractivity contribution in [2.45, 2.75) is 39.2 Å². The predicted molar refractivity (Wildman–Crippen MR) is 107 cm³/mol. The van der Waals surface area contributed by atoms with Gasteiger partial charge in [0.05, 0.1) is 0 Å². The van der Waals surface area contributed by atoms with E-state index in [4.69, 9.17) is 4.74 Å². The van der Waals surface area contributed by atoms with Crippen molar-refractivity contribution < 1.29 is 4.74 Å². The van der Waals surface area contributed by atoms with Crippen LogP contribution >= 0.6 is 11.3 Å². The molecule has 0 aliphatic carbocycles. The van der Waals surface area contributed by atoms with Gasteiger partial charge in [0.25, 0.3) is 0 Å². The van der Waals surface area contributed by atoms with Crippen LogP contribution in [0.2, 0.25) is 0 Å². The van der Waals surface area contributed by atoms with Gasteiger partial charge in [-0.15, -0.1) is 11.3 Å². The minimum absolute atomic E-state index is 0.699. The second kappa shape index (κ2) is 12.3. The number of nitrogens with one attached hydrogen (secondary N) is 2. The first kappa shape index (κ1) is 20.2. The molecule has 5 nitrogen and oxygen atoms in total. The van der Waals surface area contributed by atoms with Gasteiger partial charge in [0.1, 0.15) is 0 Å². The van der Waals surface area contributed by atoms with Crippen molar-refractivity contribution in [1.29, 1.82) is 0 Å². The topological polar surface area (TPSA) is 48.9 Å². The molecule has 1 aromatic heterocycles. The van der Waals surface area contributed by atoms with E-state index in [2.05, 4.69) is 38.0 Å². The fourth-order valence-electron chi connectivity index (χ4n) is 3.23. The average Bonchev–Trinajstić information content (AvgIpc) is 3.14. The van der Waals surface area contributed by atoms with Gasteiger partial charge < -0.3 is 15.4 Å². The van der Waals surface area contributed by atoms with E-state index < -0.39 is 0 Å². The lowest BCUT2D eigenvalue weighted by Gasteiger charge is -2.32. The zero-order valence-corrected chi connectivity index (χ0v) is 16.6. The number of aliphatic imine (C=N–C) groups is 1. The number of nitrogens with zero attached hydrogens (tertiary/aromatic N) is 2. The fraction of sp³-hybridized carbons (Fsp3) is 0.737. The molecule has 1 aliphatic heterocycles. The van der Waals surface area contributed by atoms with Crippen LogP contribution < -0.4 is 10.6 Å². The second-order valence-electron chi connectivity index (χ2n) is 6.61. The Hall–Kier alpha value is -1.11. The summed E-state index contributed by atoms with van der Waals surface area (Å²) < 4.78 is 5.36. The maximum atomic E-state index is 5.36. The van der Waals surface area contributed by atoms with Crippen molar-refractivity contribution in [2.75, 3.05) is 46.4 Å². The van der Waals surface area contributed by atoms with Crippen LogP contribution in [0.5, 0.6) is 0 Å². The third-order valence-corrected chi connectivity index (χ3v) is 5.42. The third-order valence-electron chi connectivity index (χ3n) is 4.56. The Labute approximate surface area is 156 Å². The highest BCUT2D eigenvalue weighted by molar-refractivity contribution is 7.09. The highest BCUT2D eigenvalue weighted by Gasteiger charge is 2.20. The number of piperidine rings is 1. The van der Waals surface area contributed by atoms with Crippen molar-refractivity contribution in [3.8, 4) is 0 Å². The first-order valence-electron chi connectivity index (χ1n) is 9.58. The minimum Gasteiger partial charge on any atom is -0.382 e. The SMILES string of the molecule is CCOCCCCNC(=NC)NCC1CCCN(Cc2cccs2)C1. The molecule has 25 heavy (non-hydrogen) atoms. The summed E-state index contributed by atoms with van der Waals surface area (Å²) in [6.45, 7) is 9.14. The minimum atomic E-state index is 0.699. The number of thiophene rings is 1. The van der Waals surface area contributed by atoms with Crippen LogP contribution in [0, 0.1) is 5.92 Å². The van der Waals surface area contributed by atoms with E-state index in [0.29, 0.717) is 5.92 Å². The van der Waals surface area contributed by atoms with E-state index in [1.54, 1.807) is 0 Å². The van der Waals surface area contributed by atoms with Crippen LogP contribution in [0.3, 0.4) is 0 Å². The molecular weight excluding hydrogens is 332 g/mol. The predicted octanol–water partition coefficient (Wildman–Crippen LogP) is 2.94. The largest absolute Gasteiger partial charge is 0.382 e. The maximum Gasteiger partial charge on any atom is 0.190 e. The zero-order chi connectivity index (χ0) is 17.7. The summed E-state index contributed by atoms with van der Waals surface area (Å²) in [5.74, 6) is 1.62. The first-order chi connectivity index (χ1) is 12.3. The molecule has 0 aromatic carbocycles. The van der Waals surface area contributed by atoms with E-state index in [9.17, 15) is 0 Å². The molecule has 2 rings (SSSR count). The molecule has 1 unspecified atom stereocenters. The summed E-state index contributed by atoms with van der Waals surface area (Å²) in [5.41, 5.74) is 0. The Morgan fingerprint density at radius 3 is 3.08 bits per heavy atom. The molecule has 0 amide bonds. The molecule has 1 aliphatic rings. The Balaban J connectivity index is 1.61. The average molecular weight is 367 g/mol. The Kier molecular flexibility index (Phi) is 9.92. The van der Waals surface area contributed by atoms with Gasteiger partial charge in [-0.2, -0.15) is 0 Å². The van der Waals surface area contributed by atoms with E-state index in [1.165, 1.54) is 30.8 Å². The Bertz CT molecular complexity index is 478. The number of guanidine groups is 1. The summed E-state index contributed by atoms with van der Waals surface area (Å²) in [5, 5.41) is 9.08. The molecule has 6 heteroatoms. The van der Waals surface area contributed by atoms with Gasteiger partial charge >= 0.3 is 0 Å². The standard InChI is InChI=1S/C19H34N4OS/c1-3-24-12-5-4-10-21-19(20-2)22-14-17-8-6-11-23(15-17)16-18-9-7-13-25-18/h7,9,13,17H,3-6,8,10-12,14-16H2,1-2H3,(H2,20,21,22). The van der Waals surface area contributed by atoms with Crippen LogP contribution in [0.4, 0.5) is 0 Å². The van der Waals surface area contributed by atoms with Crippen LogP contribution in [-0.2, 0) is 11.3 Å². The Morgan fingerprint density at radius 2 is 2.32 bits per heavy atom. The molecule has 142 valence electrons. The number of unbranched alkanes of at least 4 members (excludes halogenated alkanes) is 1. The number of hydrogen-bond donors (Lipinski definition) is 2. The number of rotatable bonds is 10. The quantitative estimate of drug-likeness (QED) is 0.380. The van der Waals surface area contributed by atoms with Gasteiger partial charge in [-0.25, -0.2) is 0 Å². The second-order valence-corrected chi connectivity index (χ2v) is 7.64. The number of ether oxygens (including phenoxy) is 1. The molecule has 2 heterocycles. The maximum absolute atomic E-state index is 5.36. The monoisotopic (exact) mass is 366 g/mol. The van der Waals surface area contributed by atoms with Gasteiger partial charge in [-0.3, -0.25) is 9.89 Å². The summed E-state index contributed by atoms with van der Waals surface area (Å²) in [7, 11) is 1.85. The number of likely N-dealkylation sites (tertiary alicyclic amines) is 1. The lowest BCUT2D eigenvalue weighted by Crippen LogP contribution is -2.44. The van der Waals surface area contributed by atoms with Gasteiger partial charge in [-0.1, -0.05) is 6.07 Å². The van der Waals surface area contributed by atoms with Crippen LogP contribution in [0.25, 0.3) is 0 Å². The smallest absolute Gasteiger partial charge is 0.190 e. The summed E-state index contributed by atoms with van der Waals surface area (Å²) in [4.78, 5) is 8.40. The highest BCUT2D eigenvalue weighted by atomic mass is 32.1. The van der Waals surface area contributed by atoms with Crippen LogP contribution in [-0.4, -0.2) is 57.3 Å². The van der Waals surface area contributed by atoms with E-state index >= 15 is 0 Å². The van der Waals surface area contributed by atoms with Gasteiger partial charge in [-0.05, 0) is 56.5 Å². The summed E-state index contributed by atoms with van der Waals surface area (Å²) in [6.07, 6.45) is 4.80. The first-order valence-corrected chi connectivity index (χ1v) is 10.5. The third kappa shape index (κ3) is 8.21. The Morgan fingerprint density at radius 1 is 1.40 bits per heavy atom. The lowest BCUT2D eigenvalue weighted by molar-refractivity contribution is 0.143. The van der Waals surface area contributed by atoms with Gasteiger partial charge in [0.2, 0.25) is 0 Å². The van der Waals surface area contributed by atoms with E-state index in [1.807, 2.05) is 25.3 Å². The van der Waals surface area contributed by atoms with E-state index in [0.717, 1.165) is 51.6 Å². The molecular formula is C19H34N4OS. The molecule has 1 saturated heterocycles. The highest BCUT2D eigenvalue weighted by Crippen LogP contribution is 2.19. The summed E-state index contributed by atoms with van der Waals surface area (Å²) >= 11 is 1.86. The fourth-order valence-corrected chi connectivity index (χ4v) is 3.97. The molecule has 1 aromatic rings. The van der Waals surface area contributed by atoms with Gasteiger partial charge in [0, 0.05) is 51.3 Å². The van der Waals surface area contributed by atoms with Crippen molar-refractivity contribution in [3.05, 3.63) is 22.4 Å². The van der Waals surface area contributed by atoms with Crippen molar-refractivity contribution >= 4 is 17.3 Å². The van der Waals surface area contributed by atoms with Crippen molar-refractivity contribution in [3.63, 3.8) is 0 Å². The molecule has 0 spiro atoms. The molecule has 2 N–H and O–H groups in total. The molecule has 0 bridgehead atoms. The van der Waals surface area contributed by atoms with Gasteiger partial charge in [0.15, 0.2) is 5.96 Å². The molecule has 0 radical (unpaired) electrons. The zero-order valence-electron chi connectivity index (χ0n) is 15.8. The lowest BCUT2D eigenvalue weighted by atomic mass is 9.98. The van der Waals surface area contributed by atoms with Crippen molar-refractivity contribution in [1.82, 2.24) is 15.5 Å². The molecule has 1 atom stereocenters. The normalized spacial score (nSPS) is 19.1. The molecule has 0 saturated carbocycles. The summed E-state index contributed by atoms with van der Waals surface area (Å²) in [6, 6.07) is 4.39. The van der Waals surface area contributed by atoms with Crippen molar-refractivity contribution in [2.24, 2.45) is 10.9 Å². The van der Waals surface area contributed by atoms with Crippen LogP contribution in [0.15, 0.2) is 22.5 Å². The van der Waals surface area contributed by atoms with Crippen LogP contribution in [0.1, 0.15) is 37.5 Å².